The van der Waals surface area contributed by atoms with Crippen molar-refractivity contribution in [2.24, 2.45) is 0 Å². The number of rotatable bonds is 13. The molecule has 10 nitrogen and oxygen atoms in total. The highest BCUT2D eigenvalue weighted by atomic mass is 32.1. The molecule has 0 bridgehead atoms. The van der Waals surface area contributed by atoms with Crippen LogP contribution in [0.2, 0.25) is 0 Å². The van der Waals surface area contributed by atoms with Crippen LogP contribution in [0, 0.1) is 6.92 Å². The van der Waals surface area contributed by atoms with Gasteiger partial charge in [-0.1, -0.05) is 44.1 Å². The van der Waals surface area contributed by atoms with Crippen molar-refractivity contribution in [1.29, 1.82) is 0 Å². The minimum atomic E-state index is -1.07. The number of carbonyl (C=O) groups excluding carboxylic acids is 3. The van der Waals surface area contributed by atoms with Gasteiger partial charge in [-0.3, -0.25) is 14.5 Å². The first kappa shape index (κ1) is 31.6. The molecule has 43 heavy (non-hydrogen) atoms. The average Bonchev–Trinajstić information content (AvgIpc) is 3.53. The van der Waals surface area contributed by atoms with Gasteiger partial charge in [-0.25, -0.2) is 9.78 Å². The second-order valence-electron chi connectivity index (χ2n) is 9.91. The number of hydrogen-bond acceptors (Lipinski definition) is 10. The smallest absolute Gasteiger partial charge is 0.350 e. The van der Waals surface area contributed by atoms with Crippen LogP contribution in [0.1, 0.15) is 72.1 Å². The number of aromatic nitrogens is 1. The maximum absolute atomic E-state index is 13.6. The Kier molecular flexibility index (Phi) is 10.4. The van der Waals surface area contributed by atoms with Crippen molar-refractivity contribution in [2.45, 2.75) is 52.5 Å². The van der Waals surface area contributed by atoms with E-state index in [2.05, 4.69) is 18.8 Å². The minimum absolute atomic E-state index is 0.117. The summed E-state index contributed by atoms with van der Waals surface area (Å²) in [7, 11) is 2.75. The van der Waals surface area contributed by atoms with E-state index in [0.717, 1.165) is 37.0 Å². The van der Waals surface area contributed by atoms with E-state index in [4.69, 9.17) is 18.9 Å². The third-order valence-electron chi connectivity index (χ3n) is 6.96. The van der Waals surface area contributed by atoms with Crippen LogP contribution in [-0.2, 0) is 14.3 Å². The zero-order valence-electron chi connectivity index (χ0n) is 25.0. The van der Waals surface area contributed by atoms with Crippen molar-refractivity contribution in [3.05, 3.63) is 69.7 Å². The van der Waals surface area contributed by atoms with Crippen molar-refractivity contribution in [1.82, 2.24) is 4.98 Å². The van der Waals surface area contributed by atoms with Gasteiger partial charge in [0.2, 0.25) is 0 Å². The number of unbranched alkanes of at least 4 members (excludes halogenated alkanes) is 2. The van der Waals surface area contributed by atoms with Crippen molar-refractivity contribution >= 4 is 39.9 Å². The molecular formula is C32H36N2O8S. The number of hydrogen-bond donors (Lipinski definition) is 1. The second kappa shape index (κ2) is 14.2. The number of aryl methyl sites for hydroxylation is 1. The number of ketones is 1. The van der Waals surface area contributed by atoms with Crippen LogP contribution in [0.15, 0.2) is 48.0 Å². The molecule has 0 spiro atoms. The monoisotopic (exact) mass is 608 g/mol. The number of benzene rings is 2. The lowest BCUT2D eigenvalue weighted by atomic mass is 9.95. The molecule has 0 radical (unpaired) electrons. The van der Waals surface area contributed by atoms with E-state index in [-0.39, 0.29) is 21.3 Å². The van der Waals surface area contributed by atoms with Crippen LogP contribution in [0.5, 0.6) is 17.2 Å². The molecule has 0 unspecified atom stereocenters. The number of Topliss-reactive ketones (excluding diaryl/α,β-unsaturated/α-hetero) is 1. The molecule has 1 amide bonds. The second-order valence-corrected chi connectivity index (χ2v) is 10.9. The predicted octanol–water partition coefficient (Wildman–Crippen LogP) is 6.23. The number of aliphatic hydroxyl groups is 1. The van der Waals surface area contributed by atoms with Gasteiger partial charge in [0.1, 0.15) is 16.4 Å². The van der Waals surface area contributed by atoms with E-state index in [1.54, 1.807) is 49.4 Å². The highest BCUT2D eigenvalue weighted by molar-refractivity contribution is 7.17. The normalized spacial score (nSPS) is 15.9. The highest BCUT2D eigenvalue weighted by Gasteiger charge is 2.48. The van der Waals surface area contributed by atoms with Crippen LogP contribution < -0.4 is 19.1 Å². The number of amides is 1. The van der Waals surface area contributed by atoms with E-state index in [9.17, 15) is 19.5 Å². The Hall–Kier alpha value is -4.38. The van der Waals surface area contributed by atoms with Gasteiger partial charge in [0.25, 0.3) is 5.78 Å². The summed E-state index contributed by atoms with van der Waals surface area (Å²) < 4.78 is 22.1. The Balaban J connectivity index is 1.84. The lowest BCUT2D eigenvalue weighted by molar-refractivity contribution is -0.132. The Morgan fingerprint density at radius 2 is 1.65 bits per heavy atom. The van der Waals surface area contributed by atoms with Crippen LogP contribution in [0.25, 0.3) is 5.76 Å². The Morgan fingerprint density at radius 3 is 2.28 bits per heavy atom. The number of anilines is 1. The first-order valence-corrected chi connectivity index (χ1v) is 15.0. The van der Waals surface area contributed by atoms with Gasteiger partial charge in [-0.2, -0.15) is 0 Å². The van der Waals surface area contributed by atoms with E-state index in [1.807, 2.05) is 0 Å². The summed E-state index contributed by atoms with van der Waals surface area (Å²) in [5, 5.41) is 11.6. The molecule has 1 aliphatic rings. The Labute approximate surface area is 254 Å². The van der Waals surface area contributed by atoms with Crippen molar-refractivity contribution in [3.63, 3.8) is 0 Å². The summed E-state index contributed by atoms with van der Waals surface area (Å²) >= 11 is 0.932. The number of ether oxygens (including phenoxy) is 4. The molecule has 1 N–H and O–H groups in total. The topological polar surface area (TPSA) is 124 Å². The molecule has 1 aliphatic heterocycles. The summed E-state index contributed by atoms with van der Waals surface area (Å²) in [4.78, 5) is 45.4. The fourth-order valence-corrected chi connectivity index (χ4v) is 5.62. The van der Waals surface area contributed by atoms with E-state index >= 15 is 0 Å². The molecule has 11 heteroatoms. The minimum Gasteiger partial charge on any atom is -0.507 e. The molecule has 1 aromatic heterocycles. The average molecular weight is 609 g/mol. The predicted molar refractivity (Wildman–Crippen MR) is 163 cm³/mol. The molecule has 4 rings (SSSR count). The molecule has 0 aliphatic carbocycles. The summed E-state index contributed by atoms with van der Waals surface area (Å²) in [6.07, 6.45) is 3.72. The van der Waals surface area contributed by atoms with Crippen LogP contribution in [0.4, 0.5) is 5.13 Å². The van der Waals surface area contributed by atoms with Gasteiger partial charge in [-0.15, -0.1) is 0 Å². The quantitative estimate of drug-likeness (QED) is 0.0790. The Morgan fingerprint density at radius 1 is 0.977 bits per heavy atom. The van der Waals surface area contributed by atoms with Crippen molar-refractivity contribution in [2.75, 3.05) is 32.3 Å². The van der Waals surface area contributed by atoms with E-state index < -0.39 is 23.7 Å². The fourth-order valence-electron chi connectivity index (χ4n) is 4.61. The maximum atomic E-state index is 13.6. The van der Waals surface area contributed by atoms with Gasteiger partial charge in [0, 0.05) is 5.56 Å². The molecule has 3 aromatic rings. The number of carbonyl (C=O) groups is 3. The van der Waals surface area contributed by atoms with Crippen LogP contribution in [-0.4, -0.2) is 55.2 Å². The van der Waals surface area contributed by atoms with Gasteiger partial charge in [0.15, 0.2) is 16.6 Å². The molecule has 228 valence electrons. The molecule has 2 aromatic carbocycles. The van der Waals surface area contributed by atoms with Gasteiger partial charge >= 0.3 is 11.9 Å². The molecule has 0 saturated carbocycles. The van der Waals surface area contributed by atoms with Crippen molar-refractivity contribution < 1.29 is 38.4 Å². The summed E-state index contributed by atoms with van der Waals surface area (Å²) in [5.74, 6) is -1.20. The lowest BCUT2D eigenvalue weighted by Gasteiger charge is -2.24. The number of thiazole rings is 1. The maximum Gasteiger partial charge on any atom is 0.350 e. The first-order chi connectivity index (χ1) is 20.7. The van der Waals surface area contributed by atoms with Gasteiger partial charge in [0.05, 0.1) is 44.7 Å². The molecule has 1 saturated heterocycles. The summed E-state index contributed by atoms with van der Waals surface area (Å²) in [6.45, 7) is 6.81. The third kappa shape index (κ3) is 6.67. The number of methoxy groups -OCH3 is 2. The standard InChI is InChI=1S/C32H36N2O8S/c1-6-8-16-41-22-13-10-20(11-14-22)27(35)25-26(21-12-15-23(24(18-21)39-4)42-17-9-7-2)34(30(37)28(25)36)32-33-19(3)29(43-32)31(38)40-5/h10-15,18,26,35H,6-9,16-17H2,1-5H3/t26-/m1/s1. The molecule has 1 fully saturated rings. The molecule has 2 heterocycles. The van der Waals surface area contributed by atoms with Crippen molar-refractivity contribution in [3.8, 4) is 17.2 Å². The zero-order chi connectivity index (χ0) is 31.1. The molecular weight excluding hydrogens is 572 g/mol. The third-order valence-corrected chi connectivity index (χ3v) is 8.10. The SMILES string of the molecule is CCCCOc1ccc(C(O)=C2C(=O)C(=O)N(c3nc(C)c(C(=O)OC)s3)[C@@H]2c2ccc(OCCCC)c(OC)c2)cc1. The fraction of sp³-hybridized carbons (Fsp3) is 0.375. The summed E-state index contributed by atoms with van der Waals surface area (Å²) in [6, 6.07) is 10.7. The highest BCUT2D eigenvalue weighted by Crippen LogP contribution is 2.45. The van der Waals surface area contributed by atoms with Gasteiger partial charge in [-0.05, 0) is 61.7 Å². The van der Waals surface area contributed by atoms with E-state index in [1.165, 1.54) is 19.1 Å². The number of esters is 1. The number of aliphatic hydroxyl groups excluding tert-OH is 1. The summed E-state index contributed by atoms with van der Waals surface area (Å²) in [5.41, 5.74) is 1.04. The first-order valence-electron chi connectivity index (χ1n) is 14.2. The van der Waals surface area contributed by atoms with E-state index in [0.29, 0.717) is 47.3 Å². The Bertz CT molecular complexity index is 1510. The van der Waals surface area contributed by atoms with Gasteiger partial charge < -0.3 is 24.1 Å². The largest absolute Gasteiger partial charge is 0.507 e. The van der Waals surface area contributed by atoms with Crippen LogP contribution >= 0.6 is 11.3 Å². The number of nitrogens with zero attached hydrogens (tertiary/aromatic N) is 2. The zero-order valence-corrected chi connectivity index (χ0v) is 25.8. The molecule has 1 atom stereocenters. The van der Waals surface area contributed by atoms with Crippen LogP contribution in [0.3, 0.4) is 0 Å². The lowest BCUT2D eigenvalue weighted by Crippen LogP contribution is -2.29.